The fourth-order valence-electron chi connectivity index (χ4n) is 7.92. The van der Waals surface area contributed by atoms with Gasteiger partial charge >= 0.3 is 0 Å². The van der Waals surface area contributed by atoms with Crippen LogP contribution in [0, 0.1) is 10.4 Å². The summed E-state index contributed by atoms with van der Waals surface area (Å²) in [5.41, 5.74) is -3.14. The van der Waals surface area contributed by atoms with E-state index in [0.29, 0.717) is 0 Å². The lowest BCUT2D eigenvalue weighted by Crippen LogP contribution is -2.52. The largest absolute Gasteiger partial charge is 0.803 e. The number of nitrogens with two attached hydrogens (primary N) is 1. The van der Waals surface area contributed by atoms with Gasteiger partial charge in [0, 0.05) is 57.9 Å². The van der Waals surface area contributed by atoms with E-state index >= 15 is 0 Å². The van der Waals surface area contributed by atoms with Gasteiger partial charge in [0.15, 0.2) is 0 Å². The first-order valence-corrected chi connectivity index (χ1v) is 23.1. The Morgan fingerprint density at radius 3 is 1.91 bits per heavy atom. The molecule has 4 aromatic rings. The van der Waals surface area contributed by atoms with Crippen LogP contribution in [0.5, 0.6) is 0 Å². The predicted octanol–water partition coefficient (Wildman–Crippen LogP) is -3.79. The summed E-state index contributed by atoms with van der Waals surface area (Å²) in [5, 5.41) is 59.8. The molecular formula is C45H52N12O17-2. The van der Waals surface area contributed by atoms with Gasteiger partial charge < -0.3 is 81.9 Å². The quantitative estimate of drug-likeness (QED) is 0.0620. The molecule has 1 fully saturated rings. The standard InChI is InChI=1S/C45H52N12O17/c46-15-22-73-23-18-49-39(62)30-8-3-19-52(44(67)33-6-1-9-35(58)54(33)69)20-4-16-47-40(63)31-13-11-26(42(65)56(31)71)37(60)50-28-24-74-25-29(28)51-38(61)27-12-14-32(57(72)43(27)66)41(64)48-17-5-21-53(30)45(68)34-7-2-10-36(59)55(34)70/h1-2,6-7,9-14,28-30,70-71H,3-5,8,15-25,46H2,(H,47,63)(H,48,64)(H,49,62)(H,50,60)(H,51,61)/q-2. The van der Waals surface area contributed by atoms with Gasteiger partial charge in [0.1, 0.15) is 39.9 Å². The second-order valence-electron chi connectivity index (χ2n) is 16.6. The number of pyridine rings is 4. The Hall–Kier alpha value is -8.83. The number of rotatable bonds is 8. The highest BCUT2D eigenvalue weighted by molar-refractivity contribution is 5.99. The Labute approximate surface area is 417 Å². The minimum atomic E-state index is -1.47. The van der Waals surface area contributed by atoms with Crippen molar-refractivity contribution in [2.75, 3.05) is 72.2 Å². The number of ether oxygens (including phenoxy) is 2. The Morgan fingerprint density at radius 1 is 0.662 bits per heavy atom. The van der Waals surface area contributed by atoms with E-state index in [0.717, 1.165) is 58.3 Å². The Morgan fingerprint density at radius 2 is 1.24 bits per heavy atom. The second-order valence-corrected chi connectivity index (χ2v) is 16.6. The van der Waals surface area contributed by atoms with E-state index < -0.39 is 122 Å². The number of fused-ring (bicyclic) bond motifs is 2. The molecule has 3 unspecified atom stereocenters. The first-order chi connectivity index (χ1) is 35.4. The van der Waals surface area contributed by atoms with Crippen molar-refractivity contribution in [1.29, 1.82) is 0 Å². The van der Waals surface area contributed by atoms with Crippen LogP contribution in [0.15, 0.2) is 79.8 Å². The van der Waals surface area contributed by atoms with Crippen LogP contribution in [0.4, 0.5) is 0 Å². The van der Waals surface area contributed by atoms with Crippen molar-refractivity contribution in [3.8, 4) is 0 Å². The Balaban J connectivity index is 1.35. The molecule has 29 nitrogen and oxygen atoms in total. The summed E-state index contributed by atoms with van der Waals surface area (Å²) < 4.78 is 10.3. The third-order valence-corrected chi connectivity index (χ3v) is 11.7. The van der Waals surface area contributed by atoms with Crippen LogP contribution in [0.3, 0.4) is 0 Å². The van der Waals surface area contributed by atoms with E-state index in [9.17, 15) is 73.6 Å². The van der Waals surface area contributed by atoms with E-state index in [1.807, 2.05) is 0 Å². The van der Waals surface area contributed by atoms with E-state index in [2.05, 4.69) is 26.6 Å². The Kier molecular flexibility index (Phi) is 18.4. The monoisotopic (exact) mass is 1030 g/mol. The van der Waals surface area contributed by atoms with Gasteiger partial charge in [-0.25, -0.2) is 0 Å². The van der Waals surface area contributed by atoms with Gasteiger partial charge in [0.05, 0.1) is 38.5 Å². The van der Waals surface area contributed by atoms with Crippen molar-refractivity contribution in [3.63, 3.8) is 0 Å². The smallest absolute Gasteiger partial charge is 0.296 e. The maximum absolute atomic E-state index is 14.4. The maximum Gasteiger partial charge on any atom is 0.296 e. The summed E-state index contributed by atoms with van der Waals surface area (Å²) >= 11 is 0. The minimum absolute atomic E-state index is 0.0114. The van der Waals surface area contributed by atoms with Crippen LogP contribution < -0.4 is 54.6 Å². The van der Waals surface area contributed by atoms with Crippen LogP contribution in [0.25, 0.3) is 0 Å². The number of hydrogen-bond donors (Lipinski definition) is 8. The van der Waals surface area contributed by atoms with Crippen molar-refractivity contribution in [1.82, 2.24) is 55.3 Å². The molecule has 0 spiro atoms. The summed E-state index contributed by atoms with van der Waals surface area (Å²) in [5.74, 6) is -7.00. The minimum Gasteiger partial charge on any atom is -0.803 e. The van der Waals surface area contributed by atoms with Gasteiger partial charge in [-0.3, -0.25) is 52.7 Å². The van der Waals surface area contributed by atoms with Gasteiger partial charge in [0.2, 0.25) is 11.5 Å². The van der Waals surface area contributed by atoms with E-state index in [4.69, 9.17) is 15.2 Å². The zero-order valence-corrected chi connectivity index (χ0v) is 39.4. The molecule has 8 heterocycles. The molecule has 7 amide bonds. The van der Waals surface area contributed by atoms with Gasteiger partial charge in [0.25, 0.3) is 52.1 Å². The Bertz CT molecular complexity index is 3020. The lowest BCUT2D eigenvalue weighted by molar-refractivity contribution is -0.126. The molecule has 3 atom stereocenters. The van der Waals surface area contributed by atoms with Crippen molar-refractivity contribution < 1.29 is 53.4 Å². The normalized spacial score (nSPS) is 18.6. The van der Waals surface area contributed by atoms with Crippen molar-refractivity contribution >= 4 is 41.4 Å². The molecular weight excluding hydrogens is 981 g/mol. The SMILES string of the molecule is NCCOCCNC(=O)C1CCCN(C(=O)c2cccc(=O)n2[O-])CCCNC(=O)c2ccc(c(=O)n2O)C(=O)NC2COCC2NC(=O)c2ccc(n([O-])c2=O)C(=O)NCCCN1C(=O)c1cccc(=O)n1O. The van der Waals surface area contributed by atoms with Crippen LogP contribution in [-0.4, -0.2) is 171 Å². The summed E-state index contributed by atoms with van der Waals surface area (Å²) in [4.78, 5) is 149. The molecule has 1 saturated heterocycles. The summed E-state index contributed by atoms with van der Waals surface area (Å²) in [6, 6.07) is 6.69. The number of carbonyl (C=O) groups is 7. The maximum atomic E-state index is 14.4. The van der Waals surface area contributed by atoms with Gasteiger partial charge in [-0.05, 0) is 62.1 Å². The molecule has 0 aliphatic carbocycles. The molecule has 8 rings (SSSR count). The average molecular weight is 1030 g/mol. The van der Waals surface area contributed by atoms with Gasteiger partial charge in [-0.2, -0.15) is 0 Å². The van der Waals surface area contributed by atoms with E-state index in [1.165, 1.54) is 12.1 Å². The van der Waals surface area contributed by atoms with E-state index in [1.54, 1.807) is 0 Å². The number of carbonyl (C=O) groups excluding carboxylic acids is 7. The first kappa shape index (κ1) is 54.5. The molecule has 4 aliphatic heterocycles. The molecule has 396 valence electrons. The van der Waals surface area contributed by atoms with Crippen LogP contribution in [-0.2, 0) is 14.3 Å². The highest BCUT2D eigenvalue weighted by atomic mass is 16.5. The van der Waals surface area contributed by atoms with Crippen molar-refractivity contribution in [3.05, 3.63) is 146 Å². The van der Waals surface area contributed by atoms with Gasteiger partial charge in [-0.15, -0.1) is 9.46 Å². The summed E-state index contributed by atoms with van der Waals surface area (Å²) in [6.45, 7) is -1.60. The third-order valence-electron chi connectivity index (χ3n) is 11.7. The molecule has 0 saturated carbocycles. The van der Waals surface area contributed by atoms with Crippen LogP contribution in [0.1, 0.15) is 88.4 Å². The summed E-state index contributed by atoms with van der Waals surface area (Å²) in [7, 11) is 0. The number of nitrogens with zero attached hydrogens (tertiary/aromatic N) is 6. The topological polar surface area (TPSA) is 405 Å². The lowest BCUT2D eigenvalue weighted by Gasteiger charge is -2.32. The first-order valence-electron chi connectivity index (χ1n) is 23.1. The number of aromatic nitrogens is 4. The fraction of sp³-hybridized carbons (Fsp3) is 0.400. The third kappa shape index (κ3) is 12.8. The predicted molar refractivity (Wildman–Crippen MR) is 255 cm³/mol. The molecule has 0 aromatic carbocycles. The molecule has 4 bridgehead atoms. The van der Waals surface area contributed by atoms with Crippen LogP contribution in [0.2, 0.25) is 0 Å². The van der Waals surface area contributed by atoms with Gasteiger partial charge in [-0.1, -0.05) is 12.1 Å². The highest BCUT2D eigenvalue weighted by Crippen LogP contribution is 2.16. The van der Waals surface area contributed by atoms with E-state index in [-0.39, 0.29) is 110 Å². The lowest BCUT2D eigenvalue weighted by atomic mass is 10.1. The van der Waals surface area contributed by atoms with Crippen LogP contribution >= 0.6 is 0 Å². The summed E-state index contributed by atoms with van der Waals surface area (Å²) in [6.07, 6.45) is -0.621. The number of nitrogens with one attached hydrogen (secondary N) is 5. The second kappa shape index (κ2) is 25.0. The number of hydrogen-bond acceptors (Lipinski definition) is 18. The zero-order valence-electron chi connectivity index (χ0n) is 39.4. The van der Waals surface area contributed by atoms with Crippen molar-refractivity contribution in [2.45, 2.75) is 43.8 Å². The highest BCUT2D eigenvalue weighted by Gasteiger charge is 2.35. The molecule has 9 N–H and O–H groups in total. The van der Waals surface area contributed by atoms with Crippen molar-refractivity contribution in [2.24, 2.45) is 5.73 Å². The molecule has 0 radical (unpaired) electrons. The average Bonchev–Trinajstić information content (AvgIpc) is 3.81. The molecule has 29 heteroatoms. The number of amides is 7. The molecule has 4 aliphatic rings. The fourth-order valence-corrected chi connectivity index (χ4v) is 7.92. The zero-order chi connectivity index (χ0) is 53.6. The molecule has 4 aromatic heterocycles. The molecule has 74 heavy (non-hydrogen) atoms.